The Morgan fingerprint density at radius 2 is 2.24 bits per heavy atom. The summed E-state index contributed by atoms with van der Waals surface area (Å²) in [7, 11) is 0. The van der Waals surface area contributed by atoms with Gasteiger partial charge in [-0.25, -0.2) is 9.18 Å². The fourth-order valence-corrected chi connectivity index (χ4v) is 2.74. The Morgan fingerprint density at radius 1 is 1.36 bits per heavy atom. The van der Waals surface area contributed by atoms with E-state index in [1.54, 1.807) is 29.2 Å². The Hall–Kier alpha value is -3.09. The summed E-state index contributed by atoms with van der Waals surface area (Å²) in [6.45, 7) is 2.01. The van der Waals surface area contributed by atoms with Crippen LogP contribution in [0, 0.1) is 5.82 Å². The molecule has 0 radical (unpaired) electrons. The second-order valence-electron chi connectivity index (χ2n) is 6.01. The average Bonchev–Trinajstić information content (AvgIpc) is 3.17. The van der Waals surface area contributed by atoms with Gasteiger partial charge in [-0.1, -0.05) is 5.16 Å². The molecule has 1 aliphatic heterocycles. The third-order valence-corrected chi connectivity index (χ3v) is 4.26. The summed E-state index contributed by atoms with van der Waals surface area (Å²) in [5, 5.41) is 7.39. The van der Waals surface area contributed by atoms with Gasteiger partial charge in [0, 0.05) is 41.3 Å². The molecule has 25 heavy (non-hydrogen) atoms. The van der Waals surface area contributed by atoms with E-state index in [0.717, 1.165) is 36.1 Å². The number of rotatable bonds is 4. The number of aromatic amines is 1. The molecule has 3 aromatic rings. The summed E-state index contributed by atoms with van der Waals surface area (Å²) in [5.74, 6) is -0.317. The quantitative estimate of drug-likeness (QED) is 0.764. The van der Waals surface area contributed by atoms with Crippen molar-refractivity contribution >= 4 is 29.1 Å². The lowest BCUT2D eigenvalue weighted by molar-refractivity contribution is 0.167. The van der Waals surface area contributed by atoms with Crippen LogP contribution in [0.25, 0.3) is 23.1 Å². The van der Waals surface area contributed by atoms with Gasteiger partial charge in [-0.15, -0.1) is 0 Å². The molecule has 1 saturated heterocycles. The Labute approximate surface area is 143 Å². The highest BCUT2D eigenvalue weighted by molar-refractivity contribution is 5.84. The highest BCUT2D eigenvalue weighted by atomic mass is 19.1. The van der Waals surface area contributed by atoms with Crippen LogP contribution in [0.4, 0.5) is 9.18 Å². The molecule has 4 rings (SSSR count). The van der Waals surface area contributed by atoms with Crippen molar-refractivity contribution in [1.82, 2.24) is 20.4 Å². The van der Waals surface area contributed by atoms with E-state index >= 15 is 0 Å². The van der Waals surface area contributed by atoms with Gasteiger partial charge in [0.25, 0.3) is 0 Å². The van der Waals surface area contributed by atoms with Gasteiger partial charge in [-0.3, -0.25) is 0 Å². The maximum absolute atomic E-state index is 14.2. The molecule has 0 spiro atoms. The number of nitrogens with zero attached hydrogens (tertiary/aromatic N) is 2. The van der Waals surface area contributed by atoms with Crippen LogP contribution in [0.5, 0.6) is 0 Å². The van der Waals surface area contributed by atoms with Crippen LogP contribution in [0.1, 0.15) is 23.4 Å². The van der Waals surface area contributed by atoms with Gasteiger partial charge in [0.15, 0.2) is 0 Å². The first-order valence-electron chi connectivity index (χ1n) is 8.11. The van der Waals surface area contributed by atoms with E-state index in [9.17, 15) is 9.18 Å². The molecular weight excluding hydrogens is 323 g/mol. The van der Waals surface area contributed by atoms with Crippen LogP contribution in [0.15, 0.2) is 35.1 Å². The largest absolute Gasteiger partial charge is 0.364 e. The predicted molar refractivity (Wildman–Crippen MR) is 92.1 cm³/mol. The topological polar surface area (TPSA) is 74.2 Å². The molecular formula is C18H17FN4O2. The second kappa shape index (κ2) is 6.43. The number of carbonyl (C=O) groups is 1. The Bertz CT molecular complexity index is 926. The third kappa shape index (κ3) is 3.26. The molecule has 6 nitrogen and oxygen atoms in total. The molecule has 0 unspecified atom stereocenters. The normalized spacial score (nSPS) is 14.2. The number of fused-ring (bicyclic) bond motifs is 1. The highest BCUT2D eigenvalue weighted by Crippen LogP contribution is 2.22. The van der Waals surface area contributed by atoms with Crippen molar-refractivity contribution in [3.05, 3.63) is 53.3 Å². The van der Waals surface area contributed by atoms with Gasteiger partial charge in [0.05, 0.1) is 6.54 Å². The maximum Gasteiger partial charge on any atom is 0.317 e. The number of hydrogen-bond acceptors (Lipinski definition) is 3. The molecule has 7 heteroatoms. The van der Waals surface area contributed by atoms with E-state index in [1.807, 2.05) is 6.07 Å². The summed E-state index contributed by atoms with van der Waals surface area (Å²) >= 11 is 0. The first kappa shape index (κ1) is 15.4. The van der Waals surface area contributed by atoms with E-state index in [2.05, 4.69) is 15.5 Å². The van der Waals surface area contributed by atoms with Gasteiger partial charge < -0.3 is 19.7 Å². The second-order valence-corrected chi connectivity index (χ2v) is 6.01. The van der Waals surface area contributed by atoms with Crippen molar-refractivity contribution in [3.63, 3.8) is 0 Å². The molecule has 0 aliphatic carbocycles. The van der Waals surface area contributed by atoms with Crippen LogP contribution in [0.3, 0.4) is 0 Å². The fraction of sp³-hybridized carbons (Fsp3) is 0.222. The number of benzene rings is 1. The molecule has 128 valence electrons. The molecule has 1 aliphatic rings. The standard InChI is InChI=1S/C18H17FN4O2/c19-16-9-13-8-15(11-20-18(24)23-5-1-6-23)21-17(13)10-12(16)2-3-14-4-7-25-22-14/h2-4,7-10,21H,1,5-6,11H2,(H,20,24). The molecule has 2 amide bonds. The number of halogens is 1. The van der Waals surface area contributed by atoms with E-state index in [4.69, 9.17) is 4.52 Å². The van der Waals surface area contributed by atoms with Crippen LogP contribution >= 0.6 is 0 Å². The number of urea groups is 1. The van der Waals surface area contributed by atoms with E-state index < -0.39 is 0 Å². The van der Waals surface area contributed by atoms with Crippen molar-refractivity contribution in [3.8, 4) is 0 Å². The minimum absolute atomic E-state index is 0.0627. The van der Waals surface area contributed by atoms with Crippen molar-refractivity contribution in [2.24, 2.45) is 0 Å². The number of likely N-dealkylation sites (tertiary alicyclic amines) is 1. The van der Waals surface area contributed by atoms with Gasteiger partial charge in [-0.2, -0.15) is 0 Å². The molecule has 3 heterocycles. The van der Waals surface area contributed by atoms with Crippen LogP contribution in [-0.2, 0) is 6.54 Å². The van der Waals surface area contributed by atoms with E-state index in [1.165, 1.54) is 12.3 Å². The lowest BCUT2D eigenvalue weighted by Crippen LogP contribution is -2.47. The number of H-pyrrole nitrogens is 1. The summed E-state index contributed by atoms with van der Waals surface area (Å²) < 4.78 is 19.0. The number of hydrogen-bond donors (Lipinski definition) is 2. The Balaban J connectivity index is 1.50. The Morgan fingerprint density at radius 3 is 2.96 bits per heavy atom. The molecule has 2 aromatic heterocycles. The minimum Gasteiger partial charge on any atom is -0.364 e. The molecule has 0 atom stereocenters. The van der Waals surface area contributed by atoms with Crippen molar-refractivity contribution in [1.29, 1.82) is 0 Å². The third-order valence-electron chi connectivity index (χ3n) is 4.26. The number of carbonyl (C=O) groups excluding carboxylic acids is 1. The lowest BCUT2D eigenvalue weighted by Gasteiger charge is -2.30. The molecule has 1 fully saturated rings. The number of aromatic nitrogens is 2. The monoisotopic (exact) mass is 340 g/mol. The van der Waals surface area contributed by atoms with Crippen LogP contribution in [-0.4, -0.2) is 34.2 Å². The molecule has 2 N–H and O–H groups in total. The van der Waals surface area contributed by atoms with Crippen molar-refractivity contribution in [2.75, 3.05) is 13.1 Å². The first-order chi connectivity index (χ1) is 12.2. The highest BCUT2D eigenvalue weighted by Gasteiger charge is 2.19. The SMILES string of the molecule is O=C(NCc1cc2cc(F)c(C=Cc3ccon3)cc2[nH]1)N1CCC1. The van der Waals surface area contributed by atoms with Crippen LogP contribution < -0.4 is 5.32 Å². The predicted octanol–water partition coefficient (Wildman–Crippen LogP) is 3.38. The summed E-state index contributed by atoms with van der Waals surface area (Å²) in [6, 6.07) is 6.70. The zero-order chi connectivity index (χ0) is 17.2. The van der Waals surface area contributed by atoms with Gasteiger partial charge in [-0.05, 0) is 36.8 Å². The average molecular weight is 340 g/mol. The van der Waals surface area contributed by atoms with E-state index in [0.29, 0.717) is 17.8 Å². The first-order valence-corrected chi connectivity index (χ1v) is 8.11. The minimum atomic E-state index is -0.317. The smallest absolute Gasteiger partial charge is 0.317 e. The van der Waals surface area contributed by atoms with Gasteiger partial charge in [0.1, 0.15) is 17.8 Å². The fourth-order valence-electron chi connectivity index (χ4n) is 2.74. The van der Waals surface area contributed by atoms with Crippen molar-refractivity contribution in [2.45, 2.75) is 13.0 Å². The lowest BCUT2D eigenvalue weighted by atomic mass is 10.1. The van der Waals surface area contributed by atoms with Crippen molar-refractivity contribution < 1.29 is 13.7 Å². The maximum atomic E-state index is 14.2. The molecule has 1 aromatic carbocycles. The summed E-state index contributed by atoms with van der Waals surface area (Å²) in [5.41, 5.74) is 2.73. The zero-order valence-corrected chi connectivity index (χ0v) is 13.5. The number of amides is 2. The molecule has 0 bridgehead atoms. The van der Waals surface area contributed by atoms with Gasteiger partial charge in [0.2, 0.25) is 0 Å². The number of nitrogens with one attached hydrogen (secondary N) is 2. The van der Waals surface area contributed by atoms with Crippen LogP contribution in [0.2, 0.25) is 0 Å². The Kier molecular flexibility index (Phi) is 3.97. The van der Waals surface area contributed by atoms with Gasteiger partial charge >= 0.3 is 6.03 Å². The van der Waals surface area contributed by atoms with E-state index in [-0.39, 0.29) is 11.8 Å². The summed E-state index contributed by atoms with van der Waals surface area (Å²) in [4.78, 5) is 16.8. The summed E-state index contributed by atoms with van der Waals surface area (Å²) in [6.07, 6.45) is 5.86. The zero-order valence-electron chi connectivity index (χ0n) is 13.5. The molecule has 0 saturated carbocycles.